The Morgan fingerprint density at radius 3 is 2.22 bits per heavy atom. The average Bonchev–Trinajstić information content (AvgIpc) is 2.58. The van der Waals surface area contributed by atoms with Gasteiger partial charge in [-0.2, -0.15) is 0 Å². The van der Waals surface area contributed by atoms with Crippen LogP contribution < -0.4 is 10.6 Å². The Morgan fingerprint density at radius 1 is 1.28 bits per heavy atom. The Balaban J connectivity index is 2.67. The summed E-state index contributed by atoms with van der Waals surface area (Å²) in [5.74, 6) is -0.411. The minimum atomic E-state index is -3.24. The Morgan fingerprint density at radius 2 is 1.83 bits per heavy atom. The van der Waals surface area contributed by atoms with Crippen LogP contribution in [0.4, 0.5) is 4.79 Å². The molecule has 3 amide bonds. The Hall–Kier alpha value is -0.910. The molecule has 2 atom stereocenters. The molecule has 1 fully saturated rings. The van der Waals surface area contributed by atoms with E-state index in [9.17, 15) is 14.2 Å². The molecule has 1 aliphatic heterocycles. The van der Waals surface area contributed by atoms with Gasteiger partial charge in [0.05, 0.1) is 18.9 Å². The highest BCUT2D eigenvalue weighted by Crippen LogP contribution is 2.54. The zero-order valence-corrected chi connectivity index (χ0v) is 11.7. The van der Waals surface area contributed by atoms with Crippen molar-refractivity contribution in [2.75, 3.05) is 13.2 Å². The molecule has 1 rings (SSSR count). The molecular weight excluding hydrogens is 259 g/mol. The van der Waals surface area contributed by atoms with Gasteiger partial charge >= 0.3 is 13.6 Å². The van der Waals surface area contributed by atoms with Crippen LogP contribution in [0.3, 0.4) is 0 Å². The van der Waals surface area contributed by atoms with E-state index in [4.69, 9.17) is 9.05 Å². The van der Waals surface area contributed by atoms with E-state index in [1.54, 1.807) is 20.8 Å². The fourth-order valence-electron chi connectivity index (χ4n) is 1.75. The molecule has 1 saturated heterocycles. The zero-order valence-electron chi connectivity index (χ0n) is 10.8. The summed E-state index contributed by atoms with van der Waals surface area (Å²) in [6, 6.07) is -1.21. The van der Waals surface area contributed by atoms with Gasteiger partial charge in [-0.05, 0) is 20.3 Å². The number of carbonyl (C=O) groups excluding carboxylic acids is 2. The molecule has 2 N–H and O–H groups in total. The summed E-state index contributed by atoms with van der Waals surface area (Å²) < 4.78 is 22.8. The van der Waals surface area contributed by atoms with Crippen molar-refractivity contribution in [1.29, 1.82) is 0 Å². The maximum atomic E-state index is 12.4. The Bertz CT molecular complexity index is 363. The van der Waals surface area contributed by atoms with E-state index in [-0.39, 0.29) is 19.6 Å². The second-order valence-corrected chi connectivity index (χ2v) is 6.45. The van der Waals surface area contributed by atoms with Crippen molar-refractivity contribution in [3.63, 3.8) is 0 Å². The number of amides is 3. The highest BCUT2D eigenvalue weighted by atomic mass is 31.2. The van der Waals surface area contributed by atoms with Gasteiger partial charge in [0.1, 0.15) is 6.04 Å². The zero-order chi connectivity index (χ0) is 13.8. The number of rotatable bonds is 7. The van der Waals surface area contributed by atoms with Gasteiger partial charge in [0.25, 0.3) is 5.91 Å². The lowest BCUT2D eigenvalue weighted by molar-refractivity contribution is -0.120. The van der Waals surface area contributed by atoms with E-state index in [1.807, 2.05) is 0 Å². The molecule has 0 radical (unpaired) electrons. The summed E-state index contributed by atoms with van der Waals surface area (Å²) in [6.07, 6.45) is 0.217. The molecule has 104 valence electrons. The van der Waals surface area contributed by atoms with Crippen LogP contribution in [-0.2, 0) is 18.4 Å². The van der Waals surface area contributed by atoms with Gasteiger partial charge < -0.3 is 14.4 Å². The van der Waals surface area contributed by atoms with E-state index in [0.717, 1.165) is 0 Å². The maximum absolute atomic E-state index is 12.4. The molecule has 0 saturated carbocycles. The fraction of sp³-hybridized carbons (Fsp3) is 0.800. The third kappa shape index (κ3) is 3.54. The number of urea groups is 1. The van der Waals surface area contributed by atoms with Crippen molar-refractivity contribution >= 4 is 19.5 Å². The van der Waals surface area contributed by atoms with Crippen molar-refractivity contribution in [3.05, 3.63) is 0 Å². The van der Waals surface area contributed by atoms with Crippen LogP contribution in [0.25, 0.3) is 0 Å². The van der Waals surface area contributed by atoms with Gasteiger partial charge in [0.2, 0.25) is 0 Å². The molecule has 0 aromatic heterocycles. The van der Waals surface area contributed by atoms with E-state index < -0.39 is 31.2 Å². The summed E-state index contributed by atoms with van der Waals surface area (Å²) in [5, 5.41) is 4.59. The Labute approximate surface area is 106 Å². The summed E-state index contributed by atoms with van der Waals surface area (Å²) >= 11 is 0. The molecule has 7 nitrogen and oxygen atoms in total. The van der Waals surface area contributed by atoms with Crippen LogP contribution in [0.15, 0.2) is 0 Å². The first-order valence-electron chi connectivity index (χ1n) is 5.93. The molecule has 1 heterocycles. The van der Waals surface area contributed by atoms with Crippen molar-refractivity contribution < 1.29 is 23.2 Å². The van der Waals surface area contributed by atoms with Crippen molar-refractivity contribution in [1.82, 2.24) is 10.6 Å². The molecule has 0 aromatic rings. The largest absolute Gasteiger partial charge is 0.333 e. The van der Waals surface area contributed by atoms with Crippen LogP contribution in [0.2, 0.25) is 0 Å². The highest BCUT2D eigenvalue weighted by molar-refractivity contribution is 7.54. The third-order valence-corrected chi connectivity index (χ3v) is 5.12. The first-order chi connectivity index (χ1) is 8.42. The molecule has 0 aromatic carbocycles. The lowest BCUT2D eigenvalue weighted by atomic mass is 10.2. The summed E-state index contributed by atoms with van der Waals surface area (Å²) in [7, 11) is -3.24. The molecule has 0 bridgehead atoms. The molecule has 1 aliphatic rings. The number of carbonyl (C=O) groups is 2. The van der Waals surface area contributed by atoms with E-state index in [1.165, 1.54) is 0 Å². The van der Waals surface area contributed by atoms with Crippen LogP contribution >= 0.6 is 7.60 Å². The number of nitrogens with one attached hydrogen (secondary N) is 2. The summed E-state index contributed by atoms with van der Waals surface area (Å²) in [4.78, 5) is 22.4. The number of imide groups is 1. The molecule has 18 heavy (non-hydrogen) atoms. The van der Waals surface area contributed by atoms with Gasteiger partial charge in [-0.1, -0.05) is 6.92 Å². The van der Waals surface area contributed by atoms with E-state index in [2.05, 4.69) is 10.6 Å². The minimum absolute atomic E-state index is 0.217. The van der Waals surface area contributed by atoms with Gasteiger partial charge in [-0.15, -0.1) is 0 Å². The van der Waals surface area contributed by atoms with Crippen LogP contribution in [-0.4, -0.2) is 36.9 Å². The van der Waals surface area contributed by atoms with Crippen LogP contribution in [0.1, 0.15) is 27.2 Å². The van der Waals surface area contributed by atoms with Crippen molar-refractivity contribution in [3.8, 4) is 0 Å². The SMILES string of the molecule is CCOP(=O)(OCC)C(C)CC1NC(=O)NC1=O. The topological polar surface area (TPSA) is 93.7 Å². The second kappa shape index (κ2) is 6.31. The lowest BCUT2D eigenvalue weighted by Gasteiger charge is -2.24. The monoisotopic (exact) mass is 278 g/mol. The summed E-state index contributed by atoms with van der Waals surface area (Å²) in [6.45, 7) is 5.67. The fourth-order valence-corrected chi connectivity index (χ4v) is 3.52. The second-order valence-electron chi connectivity index (χ2n) is 3.98. The highest BCUT2D eigenvalue weighted by Gasteiger charge is 2.38. The van der Waals surface area contributed by atoms with Crippen molar-refractivity contribution in [2.45, 2.75) is 38.9 Å². The van der Waals surface area contributed by atoms with Gasteiger partial charge in [-0.25, -0.2) is 4.79 Å². The maximum Gasteiger partial charge on any atom is 0.333 e. The summed E-state index contributed by atoms with van der Waals surface area (Å²) in [5.41, 5.74) is -0.466. The average molecular weight is 278 g/mol. The van der Waals surface area contributed by atoms with Gasteiger partial charge in [0, 0.05) is 0 Å². The normalized spacial score (nSPS) is 21.6. The van der Waals surface area contributed by atoms with Crippen LogP contribution in [0, 0.1) is 0 Å². The smallest absolute Gasteiger partial charge is 0.326 e. The third-order valence-electron chi connectivity index (χ3n) is 2.59. The number of hydrogen-bond donors (Lipinski definition) is 2. The van der Waals surface area contributed by atoms with E-state index in [0.29, 0.717) is 0 Å². The lowest BCUT2D eigenvalue weighted by Crippen LogP contribution is -2.32. The molecule has 2 unspecified atom stereocenters. The van der Waals surface area contributed by atoms with Crippen molar-refractivity contribution in [2.24, 2.45) is 0 Å². The first-order valence-corrected chi connectivity index (χ1v) is 7.54. The minimum Gasteiger partial charge on any atom is -0.326 e. The standard InChI is InChI=1S/C10H19N2O5P/c1-4-16-18(15,17-5-2)7(3)6-8-9(13)12-10(14)11-8/h7-8H,4-6H2,1-3H3,(H2,11,12,13,14). The van der Waals surface area contributed by atoms with Gasteiger partial charge in [-0.3, -0.25) is 14.7 Å². The van der Waals surface area contributed by atoms with E-state index >= 15 is 0 Å². The van der Waals surface area contributed by atoms with Crippen LogP contribution in [0.5, 0.6) is 0 Å². The predicted octanol–water partition coefficient (Wildman–Crippen LogP) is 1.24. The predicted molar refractivity (Wildman–Crippen MR) is 65.4 cm³/mol. The quantitative estimate of drug-likeness (QED) is 0.539. The first kappa shape index (κ1) is 15.1. The van der Waals surface area contributed by atoms with Gasteiger partial charge in [0.15, 0.2) is 0 Å². The number of hydrogen-bond acceptors (Lipinski definition) is 5. The molecule has 0 aliphatic carbocycles. The Kier molecular flexibility index (Phi) is 5.31. The molecular formula is C10H19N2O5P. The molecule has 0 spiro atoms. The molecule has 8 heteroatoms.